The number of furan rings is 2. The van der Waals surface area contributed by atoms with Crippen molar-refractivity contribution < 1.29 is 46.2 Å². The minimum atomic E-state index is -4.19. The van der Waals surface area contributed by atoms with Crippen molar-refractivity contribution in [2.24, 2.45) is 5.92 Å². The Labute approximate surface area is 244 Å². The van der Waals surface area contributed by atoms with Crippen LogP contribution >= 0.6 is 0 Å². The molecule has 2 fully saturated rings. The molecule has 3 heterocycles. The van der Waals surface area contributed by atoms with Gasteiger partial charge in [-0.1, -0.05) is 36.6 Å². The molecule has 3 aromatic rings. The maximum atomic E-state index is 13.8. The van der Waals surface area contributed by atoms with Gasteiger partial charge in [0.05, 0.1) is 43.1 Å². The van der Waals surface area contributed by atoms with Crippen molar-refractivity contribution in [3.05, 3.63) is 42.9 Å². The van der Waals surface area contributed by atoms with Crippen molar-refractivity contribution in [3.8, 4) is 11.5 Å². The van der Waals surface area contributed by atoms with Crippen molar-refractivity contribution in [2.45, 2.75) is 74.5 Å². The highest BCUT2D eigenvalue weighted by Crippen LogP contribution is 2.31. The second-order valence-electron chi connectivity index (χ2n) is 10.8. The molecule has 1 aliphatic carbocycles. The number of amides is 1. The summed E-state index contributed by atoms with van der Waals surface area (Å²) in [6.07, 6.45) is 6.85. The van der Waals surface area contributed by atoms with E-state index in [0.717, 1.165) is 36.6 Å². The first-order chi connectivity index (χ1) is 20.3. The van der Waals surface area contributed by atoms with Crippen LogP contribution in [0, 0.1) is 5.92 Å². The van der Waals surface area contributed by atoms with Crippen molar-refractivity contribution >= 4 is 27.3 Å². The lowest BCUT2D eigenvalue weighted by molar-refractivity contribution is -0.170. The monoisotopic (exact) mass is 606 g/mol. The van der Waals surface area contributed by atoms with E-state index in [2.05, 4.69) is 5.32 Å². The number of ether oxygens (including phenoxy) is 3. The Kier molecular flexibility index (Phi) is 10.1. The van der Waals surface area contributed by atoms with E-state index in [1.165, 1.54) is 31.8 Å². The van der Waals surface area contributed by atoms with Crippen molar-refractivity contribution in [3.63, 3.8) is 0 Å². The number of hydroxylamine groups is 1. The highest BCUT2D eigenvalue weighted by atomic mass is 32.2. The van der Waals surface area contributed by atoms with Gasteiger partial charge < -0.3 is 33.5 Å². The number of aliphatic hydroxyl groups is 1. The summed E-state index contributed by atoms with van der Waals surface area (Å²) in [6.45, 7) is 0.486. The Balaban J connectivity index is 1.35. The first-order valence-electron chi connectivity index (χ1n) is 14.4. The summed E-state index contributed by atoms with van der Waals surface area (Å²) in [7, 11) is -2.69. The molecule has 1 saturated heterocycles. The molecule has 0 unspecified atom stereocenters. The van der Waals surface area contributed by atoms with E-state index in [-0.39, 0.29) is 22.3 Å². The molecule has 2 atom stereocenters. The van der Waals surface area contributed by atoms with Gasteiger partial charge in [-0.25, -0.2) is 13.2 Å². The minimum absolute atomic E-state index is 0.0113. The fourth-order valence-electron chi connectivity index (χ4n) is 5.48. The summed E-state index contributed by atoms with van der Waals surface area (Å²) in [4.78, 5) is 19.0. The fraction of sp³-hybridized carbons (Fsp3) is 0.552. The van der Waals surface area contributed by atoms with Crippen LogP contribution in [0.1, 0.15) is 51.4 Å². The van der Waals surface area contributed by atoms with Crippen molar-refractivity contribution in [1.82, 2.24) is 9.79 Å². The summed E-state index contributed by atoms with van der Waals surface area (Å²) in [5, 5.41) is 14.8. The van der Waals surface area contributed by atoms with Gasteiger partial charge in [-0.2, -0.15) is 0 Å². The standard InChI is InChI=1S/C29H38N2O10S/c1-36-21-7-9-23(10-8-21)42(34,35)31(41-22-11-14-37-15-12-22)18-26(32)25(17-20-5-3-2-4-6-20)30-29(33)40-27-19-39-28-24(27)13-16-38-28/h7-10,13,16,19-20,22,25-26,32H,2-6,11-12,14-15,17-18H2,1H3,(H,30,33)/t25-,26+/m0/s1. The lowest BCUT2D eigenvalue weighted by Gasteiger charge is -2.34. The van der Waals surface area contributed by atoms with E-state index in [1.807, 2.05) is 0 Å². The quantitative estimate of drug-likeness (QED) is 0.280. The molecule has 1 amide bonds. The maximum absolute atomic E-state index is 13.8. The molecular weight excluding hydrogens is 568 g/mol. The number of methoxy groups -OCH3 is 1. The van der Waals surface area contributed by atoms with Crippen LogP contribution in [0.25, 0.3) is 11.2 Å². The van der Waals surface area contributed by atoms with E-state index in [9.17, 15) is 18.3 Å². The highest BCUT2D eigenvalue weighted by Gasteiger charge is 2.35. The molecule has 1 aliphatic heterocycles. The summed E-state index contributed by atoms with van der Waals surface area (Å²) in [6, 6.07) is 6.76. The number of benzene rings is 1. The van der Waals surface area contributed by atoms with Crippen molar-refractivity contribution in [1.29, 1.82) is 0 Å². The first-order valence-corrected chi connectivity index (χ1v) is 15.8. The topological polar surface area (TPSA) is 150 Å². The Hall–Kier alpha value is -3.10. The second kappa shape index (κ2) is 13.9. The number of carbonyl (C=O) groups is 1. The number of nitrogens with zero attached hydrogens (tertiary/aromatic N) is 1. The van der Waals surface area contributed by atoms with Crippen LogP contribution in [0.4, 0.5) is 4.79 Å². The fourth-order valence-corrected chi connectivity index (χ4v) is 6.78. The van der Waals surface area contributed by atoms with E-state index in [4.69, 9.17) is 27.9 Å². The molecule has 42 heavy (non-hydrogen) atoms. The molecule has 0 bridgehead atoms. The van der Waals surface area contributed by atoms with Crippen LogP contribution in [-0.2, 0) is 19.6 Å². The normalized spacial score (nSPS) is 18.6. The summed E-state index contributed by atoms with van der Waals surface area (Å²) < 4.78 is 54.9. The molecule has 1 aromatic carbocycles. The van der Waals surface area contributed by atoms with Crippen LogP contribution in [-0.4, -0.2) is 69.2 Å². The van der Waals surface area contributed by atoms with Crippen LogP contribution in [0.5, 0.6) is 11.5 Å². The first kappa shape index (κ1) is 30.4. The third-order valence-electron chi connectivity index (χ3n) is 7.85. The van der Waals surface area contributed by atoms with E-state index < -0.39 is 40.9 Å². The Morgan fingerprint density at radius 3 is 2.52 bits per heavy atom. The molecule has 2 aliphatic rings. The number of hydrogen-bond acceptors (Lipinski definition) is 10. The third kappa shape index (κ3) is 7.45. The van der Waals surface area contributed by atoms with Gasteiger partial charge in [0.2, 0.25) is 0 Å². The largest absolute Gasteiger partial charge is 0.497 e. The predicted molar refractivity (Wildman–Crippen MR) is 150 cm³/mol. The van der Waals surface area contributed by atoms with Gasteiger partial charge in [-0.3, -0.25) is 4.84 Å². The molecular formula is C29H38N2O10S. The number of fused-ring (bicyclic) bond motifs is 1. The predicted octanol–water partition coefficient (Wildman–Crippen LogP) is 4.62. The molecule has 230 valence electrons. The van der Waals surface area contributed by atoms with Gasteiger partial charge in [-0.15, -0.1) is 0 Å². The molecule has 12 nitrogen and oxygen atoms in total. The Bertz CT molecular complexity index is 1390. The van der Waals surface area contributed by atoms with Gasteiger partial charge in [0.15, 0.2) is 5.75 Å². The SMILES string of the molecule is COc1ccc(S(=O)(=O)N(C[C@@H](O)[C@H](CC2CCCCC2)NC(=O)Oc2coc3occc23)OC2CCOCC2)cc1. The van der Waals surface area contributed by atoms with E-state index >= 15 is 0 Å². The third-order valence-corrected chi connectivity index (χ3v) is 9.49. The number of nitrogens with one attached hydrogen (secondary N) is 1. The average Bonchev–Trinajstić information content (AvgIpc) is 3.63. The highest BCUT2D eigenvalue weighted by molar-refractivity contribution is 7.89. The number of hydrogen-bond donors (Lipinski definition) is 2. The zero-order valence-electron chi connectivity index (χ0n) is 23.6. The smallest absolute Gasteiger partial charge is 0.413 e. The van der Waals surface area contributed by atoms with Gasteiger partial charge >= 0.3 is 11.9 Å². The maximum Gasteiger partial charge on any atom is 0.413 e. The molecule has 2 aromatic heterocycles. The minimum Gasteiger partial charge on any atom is -0.497 e. The average molecular weight is 607 g/mol. The second-order valence-corrected chi connectivity index (χ2v) is 12.6. The molecule has 1 saturated carbocycles. The molecule has 2 N–H and O–H groups in total. The number of rotatable bonds is 12. The summed E-state index contributed by atoms with van der Waals surface area (Å²) in [5.41, 5.74) is 0. The Morgan fingerprint density at radius 2 is 1.81 bits per heavy atom. The van der Waals surface area contributed by atoms with Crippen LogP contribution < -0.4 is 14.8 Å². The van der Waals surface area contributed by atoms with Crippen LogP contribution in [0.3, 0.4) is 0 Å². The number of sulfonamides is 1. The van der Waals surface area contributed by atoms with Crippen LogP contribution in [0.15, 0.2) is 56.6 Å². The molecule has 0 spiro atoms. The van der Waals surface area contributed by atoms with E-state index in [1.54, 1.807) is 18.2 Å². The van der Waals surface area contributed by atoms with Gasteiger partial charge in [0.1, 0.15) is 17.4 Å². The van der Waals surface area contributed by atoms with E-state index in [0.29, 0.717) is 43.6 Å². The number of aliphatic hydroxyl groups excluding tert-OH is 1. The lowest BCUT2D eigenvalue weighted by Crippen LogP contribution is -2.51. The molecule has 5 rings (SSSR count). The lowest BCUT2D eigenvalue weighted by atomic mass is 9.83. The van der Waals surface area contributed by atoms with Crippen molar-refractivity contribution in [2.75, 3.05) is 26.9 Å². The molecule has 13 heteroatoms. The van der Waals surface area contributed by atoms with Crippen LogP contribution in [0.2, 0.25) is 0 Å². The number of carbonyl (C=O) groups excluding carboxylic acids is 1. The summed E-state index contributed by atoms with van der Waals surface area (Å²) >= 11 is 0. The van der Waals surface area contributed by atoms with Gasteiger partial charge in [0.25, 0.3) is 10.0 Å². The summed E-state index contributed by atoms with van der Waals surface area (Å²) in [5.74, 6) is 1.16. The zero-order chi connectivity index (χ0) is 29.5. The Morgan fingerprint density at radius 1 is 1.07 bits per heavy atom. The van der Waals surface area contributed by atoms with Gasteiger partial charge in [-0.05, 0) is 55.5 Å². The van der Waals surface area contributed by atoms with Gasteiger partial charge in [0, 0.05) is 13.2 Å². The molecule has 0 radical (unpaired) electrons. The zero-order valence-corrected chi connectivity index (χ0v) is 24.4.